The van der Waals surface area contributed by atoms with E-state index >= 15 is 0 Å². The monoisotopic (exact) mass is 251 g/mol. The Morgan fingerprint density at radius 1 is 1.28 bits per heavy atom. The molecule has 0 bridgehead atoms. The standard InChI is InChI=1S/C14H22FN3/c1-12(18-10-8-16-9-11-18)6-7-17-14-4-2-13(15)3-5-14/h2-5,12,16-17H,6-11H2,1H3. The van der Waals surface area contributed by atoms with Crippen molar-refractivity contribution in [2.45, 2.75) is 19.4 Å². The number of hydrogen-bond acceptors (Lipinski definition) is 3. The molecule has 1 atom stereocenters. The summed E-state index contributed by atoms with van der Waals surface area (Å²) >= 11 is 0. The van der Waals surface area contributed by atoms with E-state index in [1.165, 1.54) is 12.1 Å². The predicted molar refractivity (Wildman–Crippen MR) is 73.4 cm³/mol. The summed E-state index contributed by atoms with van der Waals surface area (Å²) < 4.78 is 12.7. The fourth-order valence-electron chi connectivity index (χ4n) is 2.30. The molecule has 2 rings (SSSR count). The van der Waals surface area contributed by atoms with E-state index in [9.17, 15) is 4.39 Å². The summed E-state index contributed by atoms with van der Waals surface area (Å²) in [5.41, 5.74) is 0.990. The van der Waals surface area contributed by atoms with Gasteiger partial charge in [-0.15, -0.1) is 0 Å². The first kappa shape index (κ1) is 13.3. The Hall–Kier alpha value is -1.13. The highest BCUT2D eigenvalue weighted by molar-refractivity contribution is 5.42. The summed E-state index contributed by atoms with van der Waals surface area (Å²) in [6.07, 6.45) is 1.11. The number of halogens is 1. The lowest BCUT2D eigenvalue weighted by Crippen LogP contribution is -2.47. The van der Waals surface area contributed by atoms with Gasteiger partial charge < -0.3 is 10.6 Å². The van der Waals surface area contributed by atoms with Crippen molar-refractivity contribution in [2.24, 2.45) is 0 Å². The van der Waals surface area contributed by atoms with Gasteiger partial charge in [-0.25, -0.2) is 4.39 Å². The van der Waals surface area contributed by atoms with Crippen LogP contribution in [0.4, 0.5) is 10.1 Å². The molecule has 1 aromatic carbocycles. The quantitative estimate of drug-likeness (QED) is 0.837. The molecule has 1 aliphatic rings. The Balaban J connectivity index is 1.69. The van der Waals surface area contributed by atoms with Crippen molar-refractivity contribution in [1.82, 2.24) is 10.2 Å². The van der Waals surface area contributed by atoms with Crippen molar-refractivity contribution in [3.63, 3.8) is 0 Å². The highest BCUT2D eigenvalue weighted by Gasteiger charge is 2.15. The molecule has 4 heteroatoms. The first-order chi connectivity index (χ1) is 8.75. The van der Waals surface area contributed by atoms with Crippen LogP contribution in [0.25, 0.3) is 0 Å². The minimum Gasteiger partial charge on any atom is -0.385 e. The Labute approximate surface area is 108 Å². The molecule has 0 saturated carbocycles. The molecule has 1 heterocycles. The Morgan fingerprint density at radius 2 is 1.94 bits per heavy atom. The van der Waals surface area contributed by atoms with Crippen LogP contribution in [0.5, 0.6) is 0 Å². The van der Waals surface area contributed by atoms with E-state index in [4.69, 9.17) is 0 Å². The number of rotatable bonds is 5. The lowest BCUT2D eigenvalue weighted by Gasteiger charge is -2.32. The second-order valence-electron chi connectivity index (χ2n) is 4.86. The third kappa shape index (κ3) is 3.96. The Morgan fingerprint density at radius 3 is 2.61 bits per heavy atom. The zero-order valence-electron chi connectivity index (χ0n) is 11.0. The second kappa shape index (κ2) is 6.71. The minimum atomic E-state index is -0.185. The van der Waals surface area contributed by atoms with Gasteiger partial charge in [0.05, 0.1) is 0 Å². The van der Waals surface area contributed by atoms with Gasteiger partial charge in [0, 0.05) is 44.5 Å². The van der Waals surface area contributed by atoms with Gasteiger partial charge in [-0.3, -0.25) is 4.90 Å². The molecule has 1 unspecified atom stereocenters. The van der Waals surface area contributed by atoms with Crippen molar-refractivity contribution < 1.29 is 4.39 Å². The topological polar surface area (TPSA) is 27.3 Å². The van der Waals surface area contributed by atoms with Gasteiger partial charge in [0.1, 0.15) is 5.82 Å². The molecule has 1 aromatic rings. The van der Waals surface area contributed by atoms with E-state index in [0.717, 1.165) is 44.8 Å². The largest absolute Gasteiger partial charge is 0.385 e. The van der Waals surface area contributed by atoms with E-state index in [2.05, 4.69) is 22.5 Å². The maximum absolute atomic E-state index is 12.7. The lowest BCUT2D eigenvalue weighted by atomic mass is 10.1. The third-order valence-electron chi connectivity index (χ3n) is 3.51. The minimum absolute atomic E-state index is 0.185. The fourth-order valence-corrected chi connectivity index (χ4v) is 2.30. The summed E-state index contributed by atoms with van der Waals surface area (Å²) in [5, 5.41) is 6.70. The maximum atomic E-state index is 12.7. The van der Waals surface area contributed by atoms with Crippen LogP contribution in [-0.4, -0.2) is 43.7 Å². The van der Waals surface area contributed by atoms with Crippen molar-refractivity contribution >= 4 is 5.69 Å². The van der Waals surface area contributed by atoms with Crippen LogP contribution < -0.4 is 10.6 Å². The van der Waals surface area contributed by atoms with Crippen LogP contribution in [0, 0.1) is 5.82 Å². The number of piperazine rings is 1. The average Bonchev–Trinajstić information content (AvgIpc) is 2.42. The van der Waals surface area contributed by atoms with Crippen LogP contribution in [0.1, 0.15) is 13.3 Å². The van der Waals surface area contributed by atoms with E-state index in [-0.39, 0.29) is 5.82 Å². The summed E-state index contributed by atoms with van der Waals surface area (Å²) in [4.78, 5) is 2.52. The first-order valence-electron chi connectivity index (χ1n) is 6.70. The molecule has 1 saturated heterocycles. The van der Waals surface area contributed by atoms with Gasteiger partial charge in [-0.05, 0) is 37.6 Å². The highest BCUT2D eigenvalue weighted by atomic mass is 19.1. The van der Waals surface area contributed by atoms with Gasteiger partial charge in [-0.2, -0.15) is 0 Å². The van der Waals surface area contributed by atoms with E-state index in [1.54, 1.807) is 12.1 Å². The smallest absolute Gasteiger partial charge is 0.123 e. The summed E-state index contributed by atoms with van der Waals surface area (Å²) in [6, 6.07) is 7.14. The molecule has 1 fully saturated rings. The van der Waals surface area contributed by atoms with Gasteiger partial charge in [0.15, 0.2) is 0 Å². The zero-order valence-corrected chi connectivity index (χ0v) is 11.0. The Kier molecular flexibility index (Phi) is 4.96. The summed E-state index contributed by atoms with van der Waals surface area (Å²) in [5.74, 6) is -0.185. The SMILES string of the molecule is CC(CCNc1ccc(F)cc1)N1CCNCC1. The first-order valence-corrected chi connectivity index (χ1v) is 6.70. The fraction of sp³-hybridized carbons (Fsp3) is 0.571. The molecule has 0 amide bonds. The molecule has 0 spiro atoms. The predicted octanol–water partition coefficient (Wildman–Crippen LogP) is 1.92. The lowest BCUT2D eigenvalue weighted by molar-refractivity contribution is 0.179. The molecule has 3 nitrogen and oxygen atoms in total. The van der Waals surface area contributed by atoms with Gasteiger partial charge in [-0.1, -0.05) is 0 Å². The molecular weight excluding hydrogens is 229 g/mol. The van der Waals surface area contributed by atoms with Gasteiger partial charge in [0.25, 0.3) is 0 Å². The van der Waals surface area contributed by atoms with Crippen LogP contribution in [0.3, 0.4) is 0 Å². The average molecular weight is 251 g/mol. The van der Waals surface area contributed by atoms with Crippen LogP contribution in [0.2, 0.25) is 0 Å². The van der Waals surface area contributed by atoms with Crippen molar-refractivity contribution in [2.75, 3.05) is 38.0 Å². The Bertz CT molecular complexity index is 347. The number of nitrogens with zero attached hydrogens (tertiary/aromatic N) is 1. The second-order valence-corrected chi connectivity index (χ2v) is 4.86. The van der Waals surface area contributed by atoms with E-state index in [1.807, 2.05) is 0 Å². The number of hydrogen-bond donors (Lipinski definition) is 2. The third-order valence-corrected chi connectivity index (χ3v) is 3.51. The maximum Gasteiger partial charge on any atom is 0.123 e. The van der Waals surface area contributed by atoms with Crippen molar-refractivity contribution in [3.05, 3.63) is 30.1 Å². The van der Waals surface area contributed by atoms with Gasteiger partial charge >= 0.3 is 0 Å². The molecular formula is C14H22FN3. The van der Waals surface area contributed by atoms with Crippen molar-refractivity contribution in [3.8, 4) is 0 Å². The molecule has 18 heavy (non-hydrogen) atoms. The number of anilines is 1. The highest BCUT2D eigenvalue weighted by Crippen LogP contribution is 2.10. The summed E-state index contributed by atoms with van der Waals surface area (Å²) in [7, 11) is 0. The molecule has 2 N–H and O–H groups in total. The molecule has 0 radical (unpaired) electrons. The zero-order chi connectivity index (χ0) is 12.8. The van der Waals surface area contributed by atoms with Crippen LogP contribution in [0.15, 0.2) is 24.3 Å². The number of nitrogens with one attached hydrogen (secondary N) is 2. The molecule has 0 aliphatic carbocycles. The van der Waals surface area contributed by atoms with Crippen LogP contribution in [-0.2, 0) is 0 Å². The summed E-state index contributed by atoms with van der Waals surface area (Å²) in [6.45, 7) is 7.66. The van der Waals surface area contributed by atoms with E-state index in [0.29, 0.717) is 6.04 Å². The van der Waals surface area contributed by atoms with Crippen molar-refractivity contribution in [1.29, 1.82) is 0 Å². The number of benzene rings is 1. The van der Waals surface area contributed by atoms with Gasteiger partial charge in [0.2, 0.25) is 0 Å². The van der Waals surface area contributed by atoms with Crippen LogP contribution >= 0.6 is 0 Å². The molecule has 100 valence electrons. The normalized spacial score (nSPS) is 18.6. The molecule has 1 aliphatic heterocycles. The molecule has 0 aromatic heterocycles. The van der Waals surface area contributed by atoms with E-state index < -0.39 is 0 Å².